The Morgan fingerprint density at radius 1 is 1.03 bits per heavy atom. The van der Waals surface area contributed by atoms with E-state index in [2.05, 4.69) is 18.7 Å². The van der Waals surface area contributed by atoms with Crippen molar-refractivity contribution in [3.8, 4) is 0 Å². The summed E-state index contributed by atoms with van der Waals surface area (Å²) in [5, 5.41) is 0. The first-order valence-corrected chi connectivity index (χ1v) is 12.1. The predicted octanol–water partition coefficient (Wildman–Crippen LogP) is 3.64. The average Bonchev–Trinajstić information content (AvgIpc) is 3.43. The minimum absolute atomic E-state index is 0.0140. The van der Waals surface area contributed by atoms with E-state index in [1.165, 1.54) is 6.92 Å². The number of ether oxygens (including phenoxy) is 1. The van der Waals surface area contributed by atoms with Gasteiger partial charge in [0.2, 0.25) is 0 Å². The first-order chi connectivity index (χ1) is 14.1. The van der Waals surface area contributed by atoms with E-state index in [1.54, 1.807) is 6.92 Å². The van der Waals surface area contributed by atoms with E-state index in [1.807, 2.05) is 0 Å². The molecular formula is C25H37NO4. The Balaban J connectivity index is 1.44. The number of fused-ring (bicyclic) bond motifs is 5. The minimum atomic E-state index is -0.191. The number of carbonyl (C=O) groups excluding carboxylic acids is 3. The van der Waals surface area contributed by atoms with Gasteiger partial charge in [0, 0.05) is 44.3 Å². The van der Waals surface area contributed by atoms with Gasteiger partial charge in [-0.3, -0.25) is 19.3 Å². The minimum Gasteiger partial charge on any atom is -0.463 e. The molecule has 5 heteroatoms. The summed E-state index contributed by atoms with van der Waals surface area (Å²) in [6.07, 6.45) is 6.63. The van der Waals surface area contributed by atoms with E-state index in [-0.39, 0.29) is 40.5 Å². The summed E-state index contributed by atoms with van der Waals surface area (Å²) in [5.41, 5.74) is -0.156. The van der Waals surface area contributed by atoms with Gasteiger partial charge in [-0.25, -0.2) is 0 Å². The predicted molar refractivity (Wildman–Crippen MR) is 113 cm³/mol. The molecule has 5 aliphatic rings. The molecule has 0 N–H and O–H groups in total. The zero-order chi connectivity index (χ0) is 21.4. The van der Waals surface area contributed by atoms with Crippen LogP contribution in [-0.4, -0.2) is 47.7 Å². The molecule has 5 fully saturated rings. The van der Waals surface area contributed by atoms with Crippen molar-refractivity contribution in [3.05, 3.63) is 0 Å². The number of hydrogen-bond donors (Lipinski definition) is 0. The second-order valence-electron chi connectivity index (χ2n) is 11.6. The SMILES string of the molecule is CC(=O)O[C@H]1CC[C@@]2(C)[C@@H](CC[C@H]3[C@@H]4C[C@H](N5CC5)[C@H](C(C)=O)[C@@]4(C)CC(=O)[C@@H]32)C1. The molecule has 0 radical (unpaired) electrons. The topological polar surface area (TPSA) is 63.5 Å². The van der Waals surface area contributed by atoms with Crippen molar-refractivity contribution in [1.29, 1.82) is 0 Å². The molecule has 4 saturated carbocycles. The second-order valence-corrected chi connectivity index (χ2v) is 11.6. The summed E-state index contributed by atoms with van der Waals surface area (Å²) in [4.78, 5) is 40.4. The summed E-state index contributed by atoms with van der Waals surface area (Å²) >= 11 is 0. The Bertz CT molecular complexity index is 775. The van der Waals surface area contributed by atoms with Crippen LogP contribution in [0.4, 0.5) is 0 Å². The van der Waals surface area contributed by atoms with Crippen LogP contribution < -0.4 is 0 Å². The molecule has 0 bridgehead atoms. The fraction of sp³-hybridized carbons (Fsp3) is 0.880. The Morgan fingerprint density at radius 3 is 2.40 bits per heavy atom. The maximum atomic E-state index is 13.7. The fourth-order valence-electron chi connectivity index (χ4n) is 8.88. The van der Waals surface area contributed by atoms with E-state index >= 15 is 0 Å². The smallest absolute Gasteiger partial charge is 0.302 e. The Labute approximate surface area is 180 Å². The molecule has 166 valence electrons. The van der Waals surface area contributed by atoms with E-state index in [4.69, 9.17) is 4.74 Å². The van der Waals surface area contributed by atoms with Crippen LogP contribution >= 0.6 is 0 Å². The van der Waals surface area contributed by atoms with Gasteiger partial charge < -0.3 is 4.74 Å². The number of Topliss-reactive ketones (excluding diaryl/α,β-unsaturated/α-hetero) is 2. The van der Waals surface area contributed by atoms with Gasteiger partial charge in [-0.15, -0.1) is 0 Å². The van der Waals surface area contributed by atoms with Crippen LogP contribution in [0.3, 0.4) is 0 Å². The molecule has 1 saturated heterocycles. The van der Waals surface area contributed by atoms with Crippen molar-refractivity contribution in [2.24, 2.45) is 40.4 Å². The van der Waals surface area contributed by atoms with Gasteiger partial charge in [-0.05, 0) is 74.0 Å². The van der Waals surface area contributed by atoms with Crippen molar-refractivity contribution < 1.29 is 19.1 Å². The van der Waals surface area contributed by atoms with Crippen LogP contribution in [-0.2, 0) is 19.1 Å². The highest BCUT2D eigenvalue weighted by molar-refractivity contribution is 5.87. The van der Waals surface area contributed by atoms with Gasteiger partial charge in [-0.1, -0.05) is 13.8 Å². The molecule has 0 unspecified atom stereocenters. The van der Waals surface area contributed by atoms with Crippen molar-refractivity contribution in [1.82, 2.24) is 4.90 Å². The maximum absolute atomic E-state index is 13.7. The second kappa shape index (κ2) is 6.88. The molecule has 30 heavy (non-hydrogen) atoms. The average molecular weight is 416 g/mol. The molecule has 5 nitrogen and oxygen atoms in total. The van der Waals surface area contributed by atoms with Crippen LogP contribution in [0.1, 0.15) is 72.6 Å². The van der Waals surface area contributed by atoms with Crippen LogP contribution in [0, 0.1) is 40.4 Å². The molecule has 0 aromatic rings. The highest BCUT2D eigenvalue weighted by Gasteiger charge is 2.66. The van der Waals surface area contributed by atoms with Crippen molar-refractivity contribution in [3.63, 3.8) is 0 Å². The van der Waals surface area contributed by atoms with Gasteiger partial charge >= 0.3 is 5.97 Å². The monoisotopic (exact) mass is 415 g/mol. The van der Waals surface area contributed by atoms with Crippen LogP contribution in [0.2, 0.25) is 0 Å². The largest absolute Gasteiger partial charge is 0.463 e. The van der Waals surface area contributed by atoms with E-state index in [0.29, 0.717) is 36.0 Å². The lowest BCUT2D eigenvalue weighted by molar-refractivity contribution is -0.169. The summed E-state index contributed by atoms with van der Waals surface area (Å²) < 4.78 is 5.55. The third-order valence-electron chi connectivity index (χ3n) is 10.1. The molecule has 4 aliphatic carbocycles. The standard InChI is InChI=1S/C25H37NO4/c1-14(27)22-20(26-9-10-26)12-19-18-6-5-16-11-17(30-15(2)28)7-8-24(16,3)23(18)21(29)13-25(19,22)4/h16-20,22-23H,5-13H2,1-4H3/t16-,17-,18-,19-,20-,22-,23+,24-,25-/m0/s1. The van der Waals surface area contributed by atoms with E-state index < -0.39 is 0 Å². The van der Waals surface area contributed by atoms with E-state index in [0.717, 1.165) is 51.6 Å². The van der Waals surface area contributed by atoms with Crippen molar-refractivity contribution in [2.45, 2.75) is 84.8 Å². The normalized spacial score (nSPS) is 50.3. The van der Waals surface area contributed by atoms with Gasteiger partial charge in [0.05, 0.1) is 0 Å². The van der Waals surface area contributed by atoms with Gasteiger partial charge in [0.1, 0.15) is 17.7 Å². The molecule has 0 spiro atoms. The summed E-state index contributed by atoms with van der Waals surface area (Å²) in [6.45, 7) is 10.1. The number of rotatable bonds is 3. The number of nitrogens with zero attached hydrogens (tertiary/aromatic N) is 1. The third kappa shape index (κ3) is 2.94. The maximum Gasteiger partial charge on any atom is 0.302 e. The molecular weight excluding hydrogens is 378 g/mol. The molecule has 5 rings (SSSR count). The zero-order valence-corrected chi connectivity index (χ0v) is 19.0. The highest BCUT2D eigenvalue weighted by Crippen LogP contribution is 2.67. The lowest BCUT2D eigenvalue weighted by Gasteiger charge is -2.59. The molecule has 0 amide bonds. The number of carbonyl (C=O) groups is 3. The number of hydrogen-bond acceptors (Lipinski definition) is 5. The molecule has 9 atom stereocenters. The summed E-state index contributed by atoms with van der Waals surface area (Å²) in [6, 6.07) is 0.342. The van der Waals surface area contributed by atoms with Gasteiger partial charge in [0.25, 0.3) is 0 Å². The summed E-state index contributed by atoms with van der Waals surface area (Å²) in [7, 11) is 0. The Hall–Kier alpha value is -1.23. The van der Waals surface area contributed by atoms with E-state index in [9.17, 15) is 14.4 Å². The first kappa shape index (κ1) is 20.7. The third-order valence-corrected chi connectivity index (χ3v) is 10.1. The lowest BCUT2D eigenvalue weighted by atomic mass is 9.44. The number of ketones is 2. The molecule has 0 aromatic carbocycles. The lowest BCUT2D eigenvalue weighted by Crippen LogP contribution is -2.58. The Kier molecular flexibility index (Phi) is 4.74. The summed E-state index contributed by atoms with van der Waals surface area (Å²) in [5.74, 6) is 1.98. The first-order valence-electron chi connectivity index (χ1n) is 12.1. The zero-order valence-electron chi connectivity index (χ0n) is 19.0. The molecule has 1 heterocycles. The van der Waals surface area contributed by atoms with Gasteiger partial charge in [0.15, 0.2) is 0 Å². The molecule has 1 aliphatic heterocycles. The highest BCUT2D eigenvalue weighted by atomic mass is 16.5. The quantitative estimate of drug-likeness (QED) is 0.520. The van der Waals surface area contributed by atoms with Crippen LogP contribution in [0.5, 0.6) is 0 Å². The van der Waals surface area contributed by atoms with Crippen molar-refractivity contribution in [2.75, 3.05) is 13.1 Å². The van der Waals surface area contributed by atoms with Gasteiger partial charge in [-0.2, -0.15) is 0 Å². The van der Waals surface area contributed by atoms with Crippen molar-refractivity contribution >= 4 is 17.5 Å². The van der Waals surface area contributed by atoms with Crippen LogP contribution in [0.25, 0.3) is 0 Å². The fourth-order valence-corrected chi connectivity index (χ4v) is 8.88. The number of esters is 1. The van der Waals surface area contributed by atoms with Crippen LogP contribution in [0.15, 0.2) is 0 Å². The Morgan fingerprint density at radius 2 is 1.77 bits per heavy atom. The molecule has 0 aromatic heterocycles.